The van der Waals surface area contributed by atoms with Gasteiger partial charge >= 0.3 is 0 Å². The molecule has 0 aliphatic rings. The van der Waals surface area contributed by atoms with Gasteiger partial charge in [0.15, 0.2) is 0 Å². The van der Waals surface area contributed by atoms with E-state index in [1.807, 2.05) is 37.3 Å². The molecule has 3 nitrogen and oxygen atoms in total. The first kappa shape index (κ1) is 13.1. The normalized spacial score (nSPS) is 10.2. The van der Waals surface area contributed by atoms with Crippen molar-refractivity contribution < 1.29 is 9.90 Å². The van der Waals surface area contributed by atoms with Crippen molar-refractivity contribution in [3.63, 3.8) is 0 Å². The van der Waals surface area contributed by atoms with Crippen LogP contribution in [0.1, 0.15) is 16.7 Å². The van der Waals surface area contributed by atoms with E-state index in [2.05, 4.69) is 5.32 Å². The van der Waals surface area contributed by atoms with Crippen LogP contribution in [0.5, 0.6) is 5.75 Å². The predicted molar refractivity (Wildman–Crippen MR) is 74.8 cm³/mol. The molecule has 98 valence electrons. The zero-order valence-electron chi connectivity index (χ0n) is 10.9. The molecule has 0 radical (unpaired) electrons. The van der Waals surface area contributed by atoms with Crippen LogP contribution in [0.25, 0.3) is 0 Å². The maximum Gasteiger partial charge on any atom is 0.224 e. The van der Waals surface area contributed by atoms with E-state index in [0.717, 1.165) is 16.7 Å². The number of hydrogen-bond donors (Lipinski definition) is 2. The highest BCUT2D eigenvalue weighted by Crippen LogP contribution is 2.15. The number of benzene rings is 2. The van der Waals surface area contributed by atoms with E-state index in [-0.39, 0.29) is 11.7 Å². The zero-order chi connectivity index (χ0) is 13.7. The fourth-order valence-electron chi connectivity index (χ4n) is 1.90. The highest BCUT2D eigenvalue weighted by molar-refractivity contribution is 5.78. The second kappa shape index (κ2) is 6.05. The molecule has 0 aliphatic heterocycles. The summed E-state index contributed by atoms with van der Waals surface area (Å²) >= 11 is 0. The van der Waals surface area contributed by atoms with Gasteiger partial charge in [-0.25, -0.2) is 0 Å². The maximum atomic E-state index is 11.9. The van der Waals surface area contributed by atoms with E-state index in [1.54, 1.807) is 18.2 Å². The van der Waals surface area contributed by atoms with Gasteiger partial charge in [-0.05, 0) is 24.1 Å². The fourth-order valence-corrected chi connectivity index (χ4v) is 1.90. The van der Waals surface area contributed by atoms with Crippen LogP contribution < -0.4 is 5.32 Å². The lowest BCUT2D eigenvalue weighted by molar-refractivity contribution is -0.120. The summed E-state index contributed by atoms with van der Waals surface area (Å²) in [7, 11) is 0. The van der Waals surface area contributed by atoms with E-state index >= 15 is 0 Å². The fraction of sp³-hybridized carbons (Fsp3) is 0.188. The van der Waals surface area contributed by atoms with E-state index in [9.17, 15) is 9.90 Å². The van der Waals surface area contributed by atoms with Crippen molar-refractivity contribution in [2.75, 3.05) is 0 Å². The highest BCUT2D eigenvalue weighted by Gasteiger charge is 2.06. The van der Waals surface area contributed by atoms with Crippen molar-refractivity contribution in [2.45, 2.75) is 19.9 Å². The Kier molecular flexibility index (Phi) is 4.18. The molecule has 2 aromatic carbocycles. The summed E-state index contributed by atoms with van der Waals surface area (Å²) in [6, 6.07) is 14.8. The van der Waals surface area contributed by atoms with Gasteiger partial charge in [-0.2, -0.15) is 0 Å². The van der Waals surface area contributed by atoms with Crippen LogP contribution in [-0.2, 0) is 17.8 Å². The van der Waals surface area contributed by atoms with Gasteiger partial charge in [0.2, 0.25) is 5.91 Å². The summed E-state index contributed by atoms with van der Waals surface area (Å²) in [6.07, 6.45) is 0.361. The molecule has 0 bridgehead atoms. The van der Waals surface area contributed by atoms with E-state index < -0.39 is 0 Å². The lowest BCUT2D eigenvalue weighted by Gasteiger charge is -2.08. The Morgan fingerprint density at radius 1 is 1.05 bits per heavy atom. The number of carbonyl (C=O) groups is 1. The first-order chi connectivity index (χ1) is 9.16. The van der Waals surface area contributed by atoms with Crippen LogP contribution in [0, 0.1) is 6.92 Å². The third-order valence-corrected chi connectivity index (χ3v) is 3.08. The number of aryl methyl sites for hydroxylation is 1. The minimum atomic E-state index is -0.0439. The van der Waals surface area contributed by atoms with Gasteiger partial charge in [-0.1, -0.05) is 42.5 Å². The summed E-state index contributed by atoms with van der Waals surface area (Å²) in [4.78, 5) is 11.9. The molecule has 2 rings (SSSR count). The Labute approximate surface area is 112 Å². The van der Waals surface area contributed by atoms with E-state index in [0.29, 0.717) is 13.0 Å². The number of phenolic OH excluding ortho intramolecular Hbond substituents is 1. The van der Waals surface area contributed by atoms with Crippen LogP contribution in [0.3, 0.4) is 0 Å². The molecular weight excluding hydrogens is 238 g/mol. The average Bonchev–Trinajstić information content (AvgIpc) is 2.40. The lowest BCUT2D eigenvalue weighted by Crippen LogP contribution is -2.24. The lowest BCUT2D eigenvalue weighted by atomic mass is 10.1. The average molecular weight is 255 g/mol. The SMILES string of the molecule is Cc1ccccc1CC(=O)NCc1ccccc1O. The second-order valence-electron chi connectivity index (χ2n) is 4.51. The van der Waals surface area contributed by atoms with Crippen molar-refractivity contribution in [1.29, 1.82) is 0 Å². The summed E-state index contributed by atoms with van der Waals surface area (Å²) < 4.78 is 0. The number of phenols is 1. The molecule has 0 saturated carbocycles. The Morgan fingerprint density at radius 2 is 1.68 bits per heavy atom. The molecule has 0 fully saturated rings. The molecule has 19 heavy (non-hydrogen) atoms. The van der Waals surface area contributed by atoms with Crippen LogP contribution >= 0.6 is 0 Å². The number of hydrogen-bond acceptors (Lipinski definition) is 2. The Morgan fingerprint density at radius 3 is 2.37 bits per heavy atom. The molecule has 0 heterocycles. The predicted octanol–water partition coefficient (Wildman–Crippen LogP) is 2.56. The van der Waals surface area contributed by atoms with Crippen molar-refractivity contribution in [3.8, 4) is 5.75 Å². The monoisotopic (exact) mass is 255 g/mol. The zero-order valence-corrected chi connectivity index (χ0v) is 10.9. The van der Waals surface area contributed by atoms with Gasteiger partial charge in [-0.3, -0.25) is 4.79 Å². The van der Waals surface area contributed by atoms with Gasteiger partial charge in [0.1, 0.15) is 5.75 Å². The topological polar surface area (TPSA) is 49.3 Å². The third kappa shape index (κ3) is 3.58. The molecule has 1 amide bonds. The number of rotatable bonds is 4. The summed E-state index contributed by atoms with van der Waals surface area (Å²) in [5.41, 5.74) is 2.86. The summed E-state index contributed by atoms with van der Waals surface area (Å²) in [5, 5.41) is 12.4. The van der Waals surface area contributed by atoms with Crippen molar-refractivity contribution in [2.24, 2.45) is 0 Å². The molecule has 0 unspecified atom stereocenters. The first-order valence-corrected chi connectivity index (χ1v) is 6.25. The molecule has 2 aromatic rings. The van der Waals surface area contributed by atoms with Crippen molar-refractivity contribution >= 4 is 5.91 Å². The van der Waals surface area contributed by atoms with E-state index in [1.165, 1.54) is 0 Å². The Bertz CT molecular complexity index is 578. The van der Waals surface area contributed by atoms with Gasteiger partial charge in [-0.15, -0.1) is 0 Å². The Balaban J connectivity index is 1.92. The van der Waals surface area contributed by atoms with Gasteiger partial charge in [0.25, 0.3) is 0 Å². The number of carbonyl (C=O) groups excluding carboxylic acids is 1. The molecule has 0 atom stereocenters. The minimum Gasteiger partial charge on any atom is -0.508 e. The third-order valence-electron chi connectivity index (χ3n) is 3.08. The minimum absolute atomic E-state index is 0.0439. The van der Waals surface area contributed by atoms with Crippen LogP contribution in [0.4, 0.5) is 0 Å². The maximum absolute atomic E-state index is 11.9. The molecular formula is C16H17NO2. The first-order valence-electron chi connectivity index (χ1n) is 6.25. The van der Waals surface area contributed by atoms with Crippen LogP contribution in [0.2, 0.25) is 0 Å². The molecule has 0 spiro atoms. The summed E-state index contributed by atoms with van der Waals surface area (Å²) in [5.74, 6) is 0.163. The van der Waals surface area contributed by atoms with E-state index in [4.69, 9.17) is 0 Å². The number of para-hydroxylation sites is 1. The van der Waals surface area contributed by atoms with Crippen LogP contribution in [-0.4, -0.2) is 11.0 Å². The summed E-state index contributed by atoms with van der Waals surface area (Å²) in [6.45, 7) is 2.34. The molecule has 0 aliphatic carbocycles. The number of amides is 1. The molecule has 0 aromatic heterocycles. The highest BCUT2D eigenvalue weighted by atomic mass is 16.3. The number of nitrogens with one attached hydrogen (secondary N) is 1. The smallest absolute Gasteiger partial charge is 0.224 e. The van der Waals surface area contributed by atoms with Crippen molar-refractivity contribution in [1.82, 2.24) is 5.32 Å². The standard InChI is InChI=1S/C16H17NO2/c1-12-6-2-3-7-13(12)10-16(19)17-11-14-8-4-5-9-15(14)18/h2-9,18H,10-11H2,1H3,(H,17,19). The van der Waals surface area contributed by atoms with Gasteiger partial charge in [0, 0.05) is 12.1 Å². The van der Waals surface area contributed by atoms with Crippen LogP contribution in [0.15, 0.2) is 48.5 Å². The van der Waals surface area contributed by atoms with Gasteiger partial charge in [0.05, 0.1) is 6.42 Å². The quantitative estimate of drug-likeness (QED) is 0.882. The number of aromatic hydroxyl groups is 1. The van der Waals surface area contributed by atoms with Crippen molar-refractivity contribution in [3.05, 3.63) is 65.2 Å². The Hall–Kier alpha value is -2.29. The largest absolute Gasteiger partial charge is 0.508 e. The molecule has 3 heteroatoms. The van der Waals surface area contributed by atoms with Gasteiger partial charge < -0.3 is 10.4 Å². The molecule has 2 N–H and O–H groups in total. The molecule has 0 saturated heterocycles. The second-order valence-corrected chi connectivity index (χ2v) is 4.51.